The van der Waals surface area contributed by atoms with Crippen molar-refractivity contribution in [2.24, 2.45) is 4.99 Å². The third-order valence-electron chi connectivity index (χ3n) is 5.44. The molecule has 29 heavy (non-hydrogen) atoms. The molecule has 2 heterocycles. The number of hydrogen-bond donors (Lipinski definition) is 2. The van der Waals surface area contributed by atoms with Crippen molar-refractivity contribution in [3.05, 3.63) is 59.5 Å². The summed E-state index contributed by atoms with van der Waals surface area (Å²) in [6, 6.07) is 12.8. The van der Waals surface area contributed by atoms with E-state index in [9.17, 15) is 0 Å². The van der Waals surface area contributed by atoms with Crippen LogP contribution in [0, 0.1) is 0 Å². The molecule has 0 spiro atoms. The highest BCUT2D eigenvalue weighted by Crippen LogP contribution is 2.24. The van der Waals surface area contributed by atoms with E-state index < -0.39 is 0 Å². The summed E-state index contributed by atoms with van der Waals surface area (Å²) in [6.07, 6.45) is 5.60. The van der Waals surface area contributed by atoms with Gasteiger partial charge in [0.05, 0.1) is 12.3 Å². The highest BCUT2D eigenvalue weighted by atomic mass is 16.3. The van der Waals surface area contributed by atoms with Gasteiger partial charge < -0.3 is 20.0 Å². The Morgan fingerprint density at radius 3 is 2.48 bits per heavy atom. The van der Waals surface area contributed by atoms with Crippen molar-refractivity contribution >= 4 is 5.96 Å². The highest BCUT2D eigenvalue weighted by Gasteiger charge is 2.24. The van der Waals surface area contributed by atoms with Crippen LogP contribution < -0.4 is 10.6 Å². The summed E-state index contributed by atoms with van der Waals surface area (Å²) in [5.74, 6) is 1.84. The number of hydrogen-bond acceptors (Lipinski definition) is 4. The second-order valence-electron chi connectivity index (χ2n) is 7.94. The van der Waals surface area contributed by atoms with Crippen LogP contribution in [0.15, 0.2) is 52.1 Å². The molecule has 1 atom stereocenters. The molecule has 1 aromatic heterocycles. The van der Waals surface area contributed by atoms with Crippen LogP contribution in [0.25, 0.3) is 0 Å². The Balaban J connectivity index is 1.59. The number of furan rings is 1. The summed E-state index contributed by atoms with van der Waals surface area (Å²) < 4.78 is 5.75. The van der Waals surface area contributed by atoms with Gasteiger partial charge in [-0.3, -0.25) is 9.89 Å². The van der Waals surface area contributed by atoms with Crippen LogP contribution in [0.5, 0.6) is 0 Å². The van der Waals surface area contributed by atoms with E-state index >= 15 is 0 Å². The lowest BCUT2D eigenvalue weighted by atomic mass is 10.1. The number of likely N-dealkylation sites (tertiary alicyclic amines) is 1. The Morgan fingerprint density at radius 1 is 1.07 bits per heavy atom. The second kappa shape index (κ2) is 11.0. The van der Waals surface area contributed by atoms with Gasteiger partial charge in [-0.2, -0.15) is 0 Å². The van der Waals surface area contributed by atoms with Crippen molar-refractivity contribution in [1.82, 2.24) is 20.4 Å². The van der Waals surface area contributed by atoms with Gasteiger partial charge in [0, 0.05) is 26.7 Å². The van der Waals surface area contributed by atoms with Crippen molar-refractivity contribution in [1.29, 1.82) is 0 Å². The van der Waals surface area contributed by atoms with Gasteiger partial charge in [-0.1, -0.05) is 30.7 Å². The third-order valence-corrected chi connectivity index (χ3v) is 5.44. The number of nitrogens with one attached hydrogen (secondary N) is 2. The van der Waals surface area contributed by atoms with E-state index in [1.807, 2.05) is 13.1 Å². The second-order valence-corrected chi connectivity index (χ2v) is 7.94. The lowest BCUT2D eigenvalue weighted by Crippen LogP contribution is -2.44. The Bertz CT molecular complexity index is 750. The first-order valence-corrected chi connectivity index (χ1v) is 10.6. The number of guanidine groups is 1. The van der Waals surface area contributed by atoms with E-state index in [0.717, 1.165) is 44.4 Å². The molecule has 1 aromatic carbocycles. The number of piperidine rings is 1. The Morgan fingerprint density at radius 2 is 1.83 bits per heavy atom. The molecule has 1 aliphatic heterocycles. The van der Waals surface area contributed by atoms with Crippen LogP contribution in [0.2, 0.25) is 0 Å². The maximum atomic E-state index is 5.75. The van der Waals surface area contributed by atoms with Gasteiger partial charge in [-0.05, 0) is 63.3 Å². The highest BCUT2D eigenvalue weighted by molar-refractivity contribution is 5.79. The average molecular weight is 398 g/mol. The molecule has 1 saturated heterocycles. The predicted molar refractivity (Wildman–Crippen MR) is 119 cm³/mol. The first kappa shape index (κ1) is 21.4. The zero-order valence-corrected chi connectivity index (χ0v) is 18.0. The molecule has 2 aromatic rings. The Hall–Kier alpha value is -2.31. The van der Waals surface area contributed by atoms with Gasteiger partial charge in [0.2, 0.25) is 0 Å². The van der Waals surface area contributed by atoms with E-state index in [1.165, 1.54) is 30.4 Å². The predicted octanol–water partition coefficient (Wildman–Crippen LogP) is 3.23. The fourth-order valence-electron chi connectivity index (χ4n) is 3.94. The topological polar surface area (TPSA) is 56.0 Å². The molecule has 1 aliphatic rings. The first-order chi connectivity index (χ1) is 14.2. The standard InChI is InChI=1S/C23H35N5O/c1-24-23(25-16-19-10-5-6-11-20(19)18-27(2)3)26-17-21(22-12-9-15-29-22)28-13-7-4-8-14-28/h5-6,9-12,15,21H,4,7-8,13-14,16-18H2,1-3H3,(H2,24,25,26). The van der Waals surface area contributed by atoms with Crippen LogP contribution >= 0.6 is 0 Å². The number of aliphatic imine (C=N–C) groups is 1. The zero-order chi connectivity index (χ0) is 20.5. The zero-order valence-electron chi connectivity index (χ0n) is 18.0. The van der Waals surface area contributed by atoms with Crippen LogP contribution in [-0.4, -0.2) is 56.5 Å². The van der Waals surface area contributed by atoms with E-state index in [0.29, 0.717) is 0 Å². The van der Waals surface area contributed by atoms with Crippen molar-refractivity contribution in [3.63, 3.8) is 0 Å². The number of rotatable bonds is 8. The molecular formula is C23H35N5O. The maximum Gasteiger partial charge on any atom is 0.191 e. The Labute approximate surface area is 175 Å². The molecule has 0 bridgehead atoms. The van der Waals surface area contributed by atoms with Crippen LogP contribution in [0.1, 0.15) is 42.2 Å². The fourth-order valence-corrected chi connectivity index (χ4v) is 3.94. The van der Waals surface area contributed by atoms with Gasteiger partial charge in [0.15, 0.2) is 5.96 Å². The summed E-state index contributed by atoms with van der Waals surface area (Å²) in [5, 5.41) is 6.99. The van der Waals surface area contributed by atoms with Gasteiger partial charge >= 0.3 is 0 Å². The normalized spacial score (nSPS) is 16.8. The van der Waals surface area contributed by atoms with E-state index in [2.05, 4.69) is 69.9 Å². The van der Waals surface area contributed by atoms with Crippen LogP contribution in [-0.2, 0) is 13.1 Å². The lowest BCUT2D eigenvalue weighted by molar-refractivity contribution is 0.146. The largest absolute Gasteiger partial charge is 0.468 e. The molecule has 1 fully saturated rings. The molecule has 0 radical (unpaired) electrons. The third kappa shape index (κ3) is 6.34. The molecule has 3 rings (SSSR count). The summed E-state index contributed by atoms with van der Waals surface area (Å²) in [4.78, 5) is 9.14. The minimum absolute atomic E-state index is 0.227. The molecule has 6 nitrogen and oxygen atoms in total. The first-order valence-electron chi connectivity index (χ1n) is 10.6. The molecular weight excluding hydrogens is 362 g/mol. The molecule has 6 heteroatoms. The molecule has 2 N–H and O–H groups in total. The minimum atomic E-state index is 0.227. The Kier molecular flexibility index (Phi) is 8.14. The summed E-state index contributed by atoms with van der Waals surface area (Å²) in [7, 11) is 6.02. The summed E-state index contributed by atoms with van der Waals surface area (Å²) in [6.45, 7) is 4.69. The minimum Gasteiger partial charge on any atom is -0.468 e. The SMILES string of the molecule is CN=C(NCc1ccccc1CN(C)C)NCC(c1ccco1)N1CCCCC1. The quantitative estimate of drug-likeness (QED) is 0.529. The van der Waals surface area contributed by atoms with E-state index in [1.54, 1.807) is 6.26 Å². The van der Waals surface area contributed by atoms with Crippen molar-refractivity contribution in [2.75, 3.05) is 40.8 Å². The number of nitrogens with zero attached hydrogens (tertiary/aromatic N) is 3. The smallest absolute Gasteiger partial charge is 0.191 e. The van der Waals surface area contributed by atoms with Crippen LogP contribution in [0.4, 0.5) is 0 Å². The molecule has 0 aliphatic carbocycles. The lowest BCUT2D eigenvalue weighted by Gasteiger charge is -2.33. The molecule has 0 amide bonds. The van der Waals surface area contributed by atoms with Crippen molar-refractivity contribution in [2.45, 2.75) is 38.4 Å². The van der Waals surface area contributed by atoms with Crippen LogP contribution in [0.3, 0.4) is 0 Å². The van der Waals surface area contributed by atoms with Gasteiger partial charge in [-0.25, -0.2) is 0 Å². The van der Waals surface area contributed by atoms with Gasteiger partial charge in [-0.15, -0.1) is 0 Å². The molecule has 0 saturated carbocycles. The maximum absolute atomic E-state index is 5.75. The molecule has 1 unspecified atom stereocenters. The molecule has 158 valence electrons. The van der Waals surface area contributed by atoms with Gasteiger partial charge in [0.1, 0.15) is 5.76 Å². The summed E-state index contributed by atoms with van der Waals surface area (Å²) >= 11 is 0. The average Bonchev–Trinajstić information content (AvgIpc) is 3.26. The van der Waals surface area contributed by atoms with E-state index in [4.69, 9.17) is 4.42 Å². The fraction of sp³-hybridized carbons (Fsp3) is 0.522. The van der Waals surface area contributed by atoms with Crippen molar-refractivity contribution in [3.8, 4) is 0 Å². The van der Waals surface area contributed by atoms with Gasteiger partial charge in [0.25, 0.3) is 0 Å². The van der Waals surface area contributed by atoms with E-state index in [-0.39, 0.29) is 6.04 Å². The monoisotopic (exact) mass is 397 g/mol. The number of benzene rings is 1. The van der Waals surface area contributed by atoms with Crippen molar-refractivity contribution < 1.29 is 4.42 Å². The summed E-state index contributed by atoms with van der Waals surface area (Å²) in [5.41, 5.74) is 2.63.